The predicted molar refractivity (Wildman–Crippen MR) is 104 cm³/mol. The minimum atomic E-state index is -1.04. The molecular formula is C20H16ClN3O4. The maximum absolute atomic E-state index is 13.3. The van der Waals surface area contributed by atoms with Crippen LogP contribution in [0.4, 0.5) is 11.4 Å². The largest absolute Gasteiger partial charge is 0.464 e. The van der Waals surface area contributed by atoms with Gasteiger partial charge >= 0.3 is 5.97 Å². The van der Waals surface area contributed by atoms with E-state index in [-0.39, 0.29) is 5.71 Å². The van der Waals surface area contributed by atoms with Gasteiger partial charge in [0.2, 0.25) is 5.91 Å². The van der Waals surface area contributed by atoms with Crippen LogP contribution < -0.4 is 9.91 Å². The number of hydrogen-bond acceptors (Lipinski definition) is 6. The predicted octanol–water partition coefficient (Wildman–Crippen LogP) is 2.56. The normalized spacial score (nSPS) is 21.0. The fourth-order valence-corrected chi connectivity index (χ4v) is 3.73. The summed E-state index contributed by atoms with van der Waals surface area (Å²) in [5.41, 5.74) is 1.52. The van der Waals surface area contributed by atoms with Gasteiger partial charge in [0.05, 0.1) is 18.5 Å². The monoisotopic (exact) mass is 397 g/mol. The van der Waals surface area contributed by atoms with Crippen molar-refractivity contribution in [2.45, 2.75) is 13.0 Å². The fourth-order valence-electron chi connectivity index (χ4n) is 3.56. The molecular weight excluding hydrogens is 382 g/mol. The van der Waals surface area contributed by atoms with Gasteiger partial charge in [0.1, 0.15) is 12.0 Å². The Morgan fingerprint density at radius 1 is 1.07 bits per heavy atom. The molecule has 0 saturated carbocycles. The highest BCUT2D eigenvalue weighted by molar-refractivity contribution is 6.47. The highest BCUT2D eigenvalue weighted by Gasteiger charge is 2.59. The van der Waals surface area contributed by atoms with E-state index in [2.05, 4.69) is 5.10 Å². The van der Waals surface area contributed by atoms with E-state index in [1.54, 1.807) is 49.4 Å². The van der Waals surface area contributed by atoms with Gasteiger partial charge in [-0.2, -0.15) is 5.10 Å². The number of rotatable bonds is 3. The van der Waals surface area contributed by atoms with Crippen LogP contribution >= 0.6 is 11.6 Å². The molecule has 0 aliphatic carbocycles. The number of fused-ring (bicyclic) bond motifs is 1. The molecule has 2 heterocycles. The molecule has 1 saturated heterocycles. The molecule has 0 radical (unpaired) electrons. The number of imide groups is 1. The Hall–Kier alpha value is -3.19. The van der Waals surface area contributed by atoms with Gasteiger partial charge in [-0.3, -0.25) is 14.6 Å². The highest BCUT2D eigenvalue weighted by Crippen LogP contribution is 2.39. The lowest BCUT2D eigenvalue weighted by atomic mass is 9.98. The second-order valence-corrected chi connectivity index (χ2v) is 6.88. The minimum absolute atomic E-state index is 0.0862. The molecule has 2 amide bonds. The van der Waals surface area contributed by atoms with Crippen molar-refractivity contribution in [1.29, 1.82) is 0 Å². The van der Waals surface area contributed by atoms with Crippen LogP contribution in [0.2, 0.25) is 5.02 Å². The molecule has 2 unspecified atom stereocenters. The van der Waals surface area contributed by atoms with Crippen LogP contribution in [0.25, 0.3) is 0 Å². The van der Waals surface area contributed by atoms with Crippen molar-refractivity contribution < 1.29 is 19.1 Å². The van der Waals surface area contributed by atoms with E-state index in [0.717, 1.165) is 4.90 Å². The van der Waals surface area contributed by atoms with Gasteiger partial charge in [0, 0.05) is 5.02 Å². The number of carbonyl (C=O) groups excluding carboxylic acids is 3. The number of halogens is 1. The third kappa shape index (κ3) is 2.58. The average Bonchev–Trinajstić information content (AvgIpc) is 3.22. The zero-order chi connectivity index (χ0) is 20.0. The van der Waals surface area contributed by atoms with Crippen LogP contribution in [0.1, 0.15) is 5.56 Å². The van der Waals surface area contributed by atoms with Gasteiger partial charge < -0.3 is 4.74 Å². The Kier molecular flexibility index (Phi) is 4.39. The molecule has 2 aromatic rings. The van der Waals surface area contributed by atoms with Crippen molar-refractivity contribution in [3.8, 4) is 0 Å². The molecule has 0 aromatic heterocycles. The van der Waals surface area contributed by atoms with Crippen LogP contribution in [0.3, 0.4) is 0 Å². The van der Waals surface area contributed by atoms with Crippen molar-refractivity contribution in [2.75, 3.05) is 17.0 Å². The molecule has 2 atom stereocenters. The van der Waals surface area contributed by atoms with Gasteiger partial charge in [-0.05, 0) is 36.8 Å². The first-order valence-corrected chi connectivity index (χ1v) is 8.97. The molecule has 2 aliphatic rings. The molecule has 2 aliphatic heterocycles. The summed E-state index contributed by atoms with van der Waals surface area (Å²) in [4.78, 5) is 39.9. The molecule has 4 rings (SSSR count). The number of methoxy groups -OCH3 is 1. The van der Waals surface area contributed by atoms with Gasteiger partial charge in [0.15, 0.2) is 5.71 Å². The van der Waals surface area contributed by atoms with E-state index in [0.29, 0.717) is 22.0 Å². The molecule has 0 spiro atoms. The molecule has 142 valence electrons. The van der Waals surface area contributed by atoms with Crippen molar-refractivity contribution in [3.05, 3.63) is 59.1 Å². The second-order valence-electron chi connectivity index (χ2n) is 6.48. The van der Waals surface area contributed by atoms with Gasteiger partial charge in [-0.25, -0.2) is 9.69 Å². The lowest BCUT2D eigenvalue weighted by molar-refractivity contribution is -0.133. The lowest BCUT2D eigenvalue weighted by Gasteiger charge is -2.23. The molecule has 8 heteroatoms. The second kappa shape index (κ2) is 6.76. The first kappa shape index (κ1) is 18.2. The van der Waals surface area contributed by atoms with E-state index >= 15 is 0 Å². The van der Waals surface area contributed by atoms with Gasteiger partial charge in [-0.15, -0.1) is 0 Å². The zero-order valence-electron chi connectivity index (χ0n) is 15.1. The molecule has 0 N–H and O–H groups in total. The van der Waals surface area contributed by atoms with Crippen LogP contribution in [-0.4, -0.2) is 36.6 Å². The smallest absolute Gasteiger partial charge is 0.355 e. The number of benzene rings is 2. The Bertz CT molecular complexity index is 1020. The molecule has 0 bridgehead atoms. The molecule has 1 fully saturated rings. The van der Waals surface area contributed by atoms with Crippen LogP contribution in [0, 0.1) is 12.8 Å². The van der Waals surface area contributed by atoms with Gasteiger partial charge in [-0.1, -0.05) is 35.9 Å². The first-order valence-electron chi connectivity index (χ1n) is 8.59. The Morgan fingerprint density at radius 2 is 1.79 bits per heavy atom. The summed E-state index contributed by atoms with van der Waals surface area (Å²) in [7, 11) is 1.21. The summed E-state index contributed by atoms with van der Waals surface area (Å²) in [5, 5.41) is 6.12. The fraction of sp³-hybridized carbons (Fsp3) is 0.200. The van der Waals surface area contributed by atoms with Crippen molar-refractivity contribution in [3.63, 3.8) is 0 Å². The summed E-state index contributed by atoms with van der Waals surface area (Å²) in [6.45, 7) is 1.73. The number of para-hydroxylation sites is 1. The zero-order valence-corrected chi connectivity index (χ0v) is 15.9. The standard InChI is InChI=1S/C20H16ClN3O4/c1-11-13(21)9-6-10-14(11)23-18(25)15-16(20(27)28-2)22-24(17(15)19(23)26)12-7-4-3-5-8-12/h3-10,15,17H,1-2H3. The number of anilines is 2. The molecule has 2 aromatic carbocycles. The lowest BCUT2D eigenvalue weighted by Crippen LogP contribution is -2.39. The first-order chi connectivity index (χ1) is 13.5. The number of nitrogens with zero attached hydrogens (tertiary/aromatic N) is 3. The number of esters is 1. The highest BCUT2D eigenvalue weighted by atomic mass is 35.5. The average molecular weight is 398 g/mol. The van der Waals surface area contributed by atoms with Crippen LogP contribution in [-0.2, 0) is 19.1 Å². The molecule has 7 nitrogen and oxygen atoms in total. The van der Waals surface area contributed by atoms with E-state index in [1.807, 2.05) is 6.07 Å². The summed E-state index contributed by atoms with van der Waals surface area (Å²) in [6.07, 6.45) is 0. The van der Waals surface area contributed by atoms with Gasteiger partial charge in [0.25, 0.3) is 5.91 Å². The summed E-state index contributed by atoms with van der Waals surface area (Å²) in [5.74, 6) is -2.77. The quantitative estimate of drug-likeness (QED) is 0.587. The maximum Gasteiger partial charge on any atom is 0.355 e. The number of carbonyl (C=O) groups is 3. The minimum Gasteiger partial charge on any atom is -0.464 e. The maximum atomic E-state index is 13.3. The van der Waals surface area contributed by atoms with Crippen LogP contribution in [0.5, 0.6) is 0 Å². The van der Waals surface area contributed by atoms with E-state index in [9.17, 15) is 14.4 Å². The Morgan fingerprint density at radius 3 is 2.46 bits per heavy atom. The van der Waals surface area contributed by atoms with E-state index < -0.39 is 29.7 Å². The topological polar surface area (TPSA) is 79.3 Å². The third-order valence-electron chi connectivity index (χ3n) is 4.94. The summed E-state index contributed by atoms with van der Waals surface area (Å²) < 4.78 is 4.79. The van der Waals surface area contributed by atoms with Crippen molar-refractivity contribution in [2.24, 2.45) is 11.0 Å². The number of ether oxygens (including phenoxy) is 1. The number of hydrogen-bond donors (Lipinski definition) is 0. The van der Waals surface area contributed by atoms with E-state index in [1.165, 1.54) is 12.1 Å². The number of amides is 2. The van der Waals surface area contributed by atoms with Crippen molar-refractivity contribution >= 4 is 46.5 Å². The van der Waals surface area contributed by atoms with Crippen molar-refractivity contribution in [1.82, 2.24) is 0 Å². The van der Waals surface area contributed by atoms with E-state index in [4.69, 9.17) is 16.3 Å². The summed E-state index contributed by atoms with van der Waals surface area (Å²) >= 11 is 6.18. The number of hydrazone groups is 1. The summed E-state index contributed by atoms with van der Waals surface area (Å²) in [6, 6.07) is 13.0. The third-order valence-corrected chi connectivity index (χ3v) is 5.35. The molecule has 28 heavy (non-hydrogen) atoms. The Labute approximate surface area is 166 Å². The SMILES string of the molecule is COC(=O)C1=NN(c2ccccc2)C2C(=O)N(c3cccc(Cl)c3C)C(=O)C12. The Balaban J connectivity index is 1.84. The van der Waals surface area contributed by atoms with Crippen LogP contribution in [0.15, 0.2) is 53.6 Å².